The molecule has 0 saturated carbocycles. The monoisotopic (exact) mass is 344 g/mol. The number of hydrogen-bond acceptors (Lipinski definition) is 5. The average Bonchev–Trinajstić information content (AvgIpc) is 3.20. The first kappa shape index (κ1) is 16.2. The van der Waals surface area contributed by atoms with E-state index in [1.54, 1.807) is 12.4 Å². The summed E-state index contributed by atoms with van der Waals surface area (Å²) in [6.07, 6.45) is 6.37. The smallest absolute Gasteiger partial charge is 0.243 e. The molecule has 2 aromatic heterocycles. The van der Waals surface area contributed by atoms with Crippen molar-refractivity contribution in [3.8, 4) is 11.3 Å². The third-order valence-electron chi connectivity index (χ3n) is 4.33. The fourth-order valence-electron chi connectivity index (χ4n) is 2.90. The highest BCUT2D eigenvalue weighted by atomic mass is 15.3. The van der Waals surface area contributed by atoms with Crippen molar-refractivity contribution >= 4 is 16.7 Å². The first-order chi connectivity index (χ1) is 12.8. The largest absolute Gasteiger partial charge is 0.350 e. The van der Waals surface area contributed by atoms with Gasteiger partial charge < -0.3 is 5.32 Å². The van der Waals surface area contributed by atoms with Gasteiger partial charge in [-0.15, -0.1) is 5.10 Å². The summed E-state index contributed by atoms with van der Waals surface area (Å²) in [5.41, 5.74) is 1.85. The molecule has 4 rings (SSSR count). The van der Waals surface area contributed by atoms with E-state index >= 15 is 0 Å². The van der Waals surface area contributed by atoms with E-state index in [4.69, 9.17) is 0 Å². The van der Waals surface area contributed by atoms with Gasteiger partial charge in [-0.3, -0.25) is 4.68 Å². The van der Waals surface area contributed by atoms with Crippen LogP contribution >= 0.6 is 0 Å². The van der Waals surface area contributed by atoms with E-state index in [1.807, 2.05) is 29.1 Å². The van der Waals surface area contributed by atoms with Crippen LogP contribution in [0.25, 0.3) is 22.0 Å². The van der Waals surface area contributed by atoms with Crippen molar-refractivity contribution in [2.45, 2.75) is 25.9 Å². The Kier molecular flexibility index (Phi) is 4.55. The molecule has 0 aliphatic carbocycles. The van der Waals surface area contributed by atoms with Gasteiger partial charge in [0.05, 0.1) is 11.9 Å². The molecule has 1 N–H and O–H groups in total. The number of nitrogens with one attached hydrogen (secondary N) is 1. The first-order valence-electron chi connectivity index (χ1n) is 8.71. The summed E-state index contributed by atoms with van der Waals surface area (Å²) in [4.78, 5) is 4.63. The first-order valence-corrected chi connectivity index (χ1v) is 8.71. The molecular formula is C20H20N6. The van der Waals surface area contributed by atoms with Gasteiger partial charge in [-0.25, -0.2) is 4.98 Å². The Morgan fingerprint density at radius 3 is 2.81 bits per heavy atom. The normalized spacial score (nSPS) is 12.2. The SMILES string of the molecule is C[C@H](CCn1cccn1)Nc1nncc(-c2ccc3ccccc3c2)n1. The Balaban J connectivity index is 1.48. The summed E-state index contributed by atoms with van der Waals surface area (Å²) in [5, 5.41) is 18.2. The fraction of sp³-hybridized carbons (Fsp3) is 0.200. The summed E-state index contributed by atoms with van der Waals surface area (Å²) >= 11 is 0. The molecule has 1 atom stereocenters. The topological polar surface area (TPSA) is 68.5 Å². The number of hydrogen-bond donors (Lipinski definition) is 1. The van der Waals surface area contributed by atoms with Crippen LogP contribution in [0.2, 0.25) is 0 Å². The van der Waals surface area contributed by atoms with E-state index in [1.165, 1.54) is 10.8 Å². The maximum absolute atomic E-state index is 4.63. The zero-order valence-corrected chi connectivity index (χ0v) is 14.6. The fourth-order valence-corrected chi connectivity index (χ4v) is 2.90. The molecule has 130 valence electrons. The van der Waals surface area contributed by atoms with E-state index in [-0.39, 0.29) is 6.04 Å². The van der Waals surface area contributed by atoms with E-state index < -0.39 is 0 Å². The van der Waals surface area contributed by atoms with Crippen molar-refractivity contribution in [1.29, 1.82) is 0 Å². The van der Waals surface area contributed by atoms with Gasteiger partial charge >= 0.3 is 0 Å². The number of anilines is 1. The minimum atomic E-state index is 0.216. The average molecular weight is 344 g/mol. The second-order valence-corrected chi connectivity index (χ2v) is 6.33. The highest BCUT2D eigenvalue weighted by Crippen LogP contribution is 2.23. The molecule has 2 heterocycles. The van der Waals surface area contributed by atoms with Crippen LogP contribution in [0.5, 0.6) is 0 Å². The molecule has 0 bridgehead atoms. The summed E-state index contributed by atoms with van der Waals surface area (Å²) in [6, 6.07) is 16.7. The summed E-state index contributed by atoms with van der Waals surface area (Å²) in [7, 11) is 0. The van der Waals surface area contributed by atoms with E-state index in [9.17, 15) is 0 Å². The van der Waals surface area contributed by atoms with Crippen molar-refractivity contribution in [2.75, 3.05) is 5.32 Å². The van der Waals surface area contributed by atoms with Crippen molar-refractivity contribution in [2.24, 2.45) is 0 Å². The van der Waals surface area contributed by atoms with Gasteiger partial charge in [0.2, 0.25) is 5.95 Å². The molecule has 0 aliphatic rings. The van der Waals surface area contributed by atoms with E-state index in [2.05, 4.69) is 62.9 Å². The Labute approximate surface area is 151 Å². The molecule has 0 aliphatic heterocycles. The standard InChI is InChI=1S/C20H20N6/c1-15(9-12-26-11-4-10-22-26)23-20-24-19(14-21-25-20)18-8-7-16-5-2-3-6-17(16)13-18/h2-8,10-11,13-15H,9,12H2,1H3,(H,23,24,25)/t15-/m1/s1. The van der Waals surface area contributed by atoms with Crippen LogP contribution in [-0.2, 0) is 6.54 Å². The highest BCUT2D eigenvalue weighted by molar-refractivity contribution is 5.86. The van der Waals surface area contributed by atoms with Gasteiger partial charge in [-0.2, -0.15) is 10.2 Å². The molecule has 0 amide bonds. The van der Waals surface area contributed by atoms with Gasteiger partial charge in [0.15, 0.2) is 0 Å². The number of aryl methyl sites for hydroxylation is 1. The Hall–Kier alpha value is -3.28. The van der Waals surface area contributed by atoms with Gasteiger partial charge in [0.1, 0.15) is 0 Å². The van der Waals surface area contributed by atoms with Gasteiger partial charge in [-0.1, -0.05) is 36.4 Å². The van der Waals surface area contributed by atoms with E-state index in [0.717, 1.165) is 24.2 Å². The lowest BCUT2D eigenvalue weighted by molar-refractivity contribution is 0.543. The van der Waals surface area contributed by atoms with Crippen LogP contribution < -0.4 is 5.32 Å². The number of nitrogens with zero attached hydrogens (tertiary/aromatic N) is 5. The molecule has 4 aromatic rings. The lowest BCUT2D eigenvalue weighted by Gasteiger charge is -2.13. The van der Waals surface area contributed by atoms with Gasteiger partial charge in [0, 0.05) is 30.5 Å². The van der Waals surface area contributed by atoms with Crippen LogP contribution in [0.1, 0.15) is 13.3 Å². The zero-order chi connectivity index (χ0) is 17.8. The van der Waals surface area contributed by atoms with Crippen molar-refractivity contribution in [3.05, 3.63) is 67.1 Å². The number of aromatic nitrogens is 5. The van der Waals surface area contributed by atoms with E-state index in [0.29, 0.717) is 5.95 Å². The molecular weight excluding hydrogens is 324 g/mol. The Morgan fingerprint density at radius 2 is 1.96 bits per heavy atom. The lowest BCUT2D eigenvalue weighted by atomic mass is 10.1. The van der Waals surface area contributed by atoms with Crippen molar-refractivity contribution < 1.29 is 0 Å². The third kappa shape index (κ3) is 3.69. The maximum Gasteiger partial charge on any atom is 0.243 e. The molecule has 0 fully saturated rings. The molecule has 6 nitrogen and oxygen atoms in total. The third-order valence-corrected chi connectivity index (χ3v) is 4.33. The molecule has 6 heteroatoms. The van der Waals surface area contributed by atoms with Crippen LogP contribution in [0.4, 0.5) is 5.95 Å². The molecule has 26 heavy (non-hydrogen) atoms. The van der Waals surface area contributed by atoms with Gasteiger partial charge in [-0.05, 0) is 36.2 Å². The quantitative estimate of drug-likeness (QED) is 0.576. The predicted octanol–water partition coefficient (Wildman–Crippen LogP) is 3.78. The second-order valence-electron chi connectivity index (χ2n) is 6.33. The molecule has 0 unspecified atom stereocenters. The van der Waals surface area contributed by atoms with Crippen LogP contribution in [0.15, 0.2) is 67.1 Å². The van der Waals surface area contributed by atoms with Crippen LogP contribution in [0.3, 0.4) is 0 Å². The summed E-state index contributed by atoms with van der Waals surface area (Å²) in [6.45, 7) is 2.95. The summed E-state index contributed by atoms with van der Waals surface area (Å²) in [5.74, 6) is 0.545. The zero-order valence-electron chi connectivity index (χ0n) is 14.6. The Bertz CT molecular complexity index is 996. The molecule has 2 aromatic carbocycles. The second kappa shape index (κ2) is 7.31. The Morgan fingerprint density at radius 1 is 1.08 bits per heavy atom. The van der Waals surface area contributed by atoms with Crippen LogP contribution in [-0.4, -0.2) is 31.0 Å². The predicted molar refractivity (Wildman–Crippen MR) is 103 cm³/mol. The molecule has 0 saturated heterocycles. The van der Waals surface area contributed by atoms with Crippen molar-refractivity contribution in [3.63, 3.8) is 0 Å². The lowest BCUT2D eigenvalue weighted by Crippen LogP contribution is -2.20. The minimum Gasteiger partial charge on any atom is -0.350 e. The summed E-state index contributed by atoms with van der Waals surface area (Å²) < 4.78 is 1.92. The highest BCUT2D eigenvalue weighted by Gasteiger charge is 2.08. The number of rotatable bonds is 6. The van der Waals surface area contributed by atoms with Crippen molar-refractivity contribution in [1.82, 2.24) is 25.0 Å². The molecule has 0 spiro atoms. The van der Waals surface area contributed by atoms with Gasteiger partial charge in [0.25, 0.3) is 0 Å². The van der Waals surface area contributed by atoms with Crippen LogP contribution in [0, 0.1) is 0 Å². The number of benzene rings is 2. The molecule has 0 radical (unpaired) electrons. The number of fused-ring (bicyclic) bond motifs is 1. The maximum atomic E-state index is 4.63. The minimum absolute atomic E-state index is 0.216.